The summed E-state index contributed by atoms with van der Waals surface area (Å²) < 4.78 is 24.5. The van der Waals surface area contributed by atoms with Gasteiger partial charge in [-0.1, -0.05) is 39.0 Å². The van der Waals surface area contributed by atoms with E-state index in [0.717, 1.165) is 12.8 Å². The Morgan fingerprint density at radius 3 is 2.56 bits per heavy atom. The Labute approximate surface area is 161 Å². The van der Waals surface area contributed by atoms with Crippen molar-refractivity contribution in [3.63, 3.8) is 0 Å². The third kappa shape index (κ3) is 4.18. The quantitative estimate of drug-likeness (QED) is 0.837. The van der Waals surface area contributed by atoms with Crippen LogP contribution in [-0.4, -0.2) is 44.0 Å². The van der Waals surface area contributed by atoms with Gasteiger partial charge in [0, 0.05) is 18.5 Å². The molecule has 0 spiro atoms. The van der Waals surface area contributed by atoms with E-state index in [-0.39, 0.29) is 29.5 Å². The van der Waals surface area contributed by atoms with Crippen molar-refractivity contribution in [3.05, 3.63) is 29.8 Å². The first-order valence-corrected chi connectivity index (χ1v) is 11.2. The van der Waals surface area contributed by atoms with Crippen LogP contribution in [0.5, 0.6) is 0 Å². The van der Waals surface area contributed by atoms with E-state index in [0.29, 0.717) is 30.0 Å². The van der Waals surface area contributed by atoms with E-state index in [4.69, 9.17) is 0 Å². The average Bonchev–Trinajstić information content (AvgIpc) is 2.63. The summed E-state index contributed by atoms with van der Waals surface area (Å²) in [7, 11) is -3.28. The molecule has 2 atom stereocenters. The van der Waals surface area contributed by atoms with Crippen molar-refractivity contribution < 1.29 is 18.0 Å². The second-order valence-electron chi connectivity index (χ2n) is 8.55. The zero-order valence-electron chi connectivity index (χ0n) is 16.2. The molecule has 2 aliphatic heterocycles. The van der Waals surface area contributed by atoms with Crippen molar-refractivity contribution in [1.82, 2.24) is 10.2 Å². The van der Waals surface area contributed by atoms with Crippen LogP contribution in [0, 0.1) is 11.3 Å². The Morgan fingerprint density at radius 1 is 1.15 bits per heavy atom. The number of nitrogens with one attached hydrogen (secondary N) is 1. The van der Waals surface area contributed by atoms with Gasteiger partial charge >= 0.3 is 0 Å². The molecule has 0 saturated carbocycles. The molecule has 2 unspecified atom stereocenters. The Bertz CT molecular complexity index is 842. The Hall–Kier alpha value is -1.89. The van der Waals surface area contributed by atoms with E-state index in [9.17, 15) is 18.0 Å². The van der Waals surface area contributed by atoms with Crippen LogP contribution in [-0.2, 0) is 19.4 Å². The molecule has 0 bridgehead atoms. The molecule has 2 aliphatic rings. The number of nitrogens with zero attached hydrogens (tertiary/aromatic N) is 1. The minimum Gasteiger partial charge on any atom is -0.349 e. The molecule has 27 heavy (non-hydrogen) atoms. The summed E-state index contributed by atoms with van der Waals surface area (Å²) in [5, 5.41) is 3.04. The zero-order chi connectivity index (χ0) is 19.8. The van der Waals surface area contributed by atoms with Crippen LogP contribution in [0.3, 0.4) is 0 Å². The number of fused-ring (bicyclic) bond motifs is 1. The van der Waals surface area contributed by atoms with Crippen LogP contribution in [0.1, 0.15) is 51.6 Å². The van der Waals surface area contributed by atoms with Gasteiger partial charge in [-0.15, -0.1) is 0 Å². The molecule has 2 amide bonds. The number of likely N-dealkylation sites (tertiary alicyclic amines) is 1. The van der Waals surface area contributed by atoms with Gasteiger partial charge in [-0.25, -0.2) is 8.42 Å². The van der Waals surface area contributed by atoms with Crippen molar-refractivity contribution in [3.8, 4) is 0 Å². The van der Waals surface area contributed by atoms with Crippen molar-refractivity contribution in [2.45, 2.75) is 51.0 Å². The molecule has 1 saturated heterocycles. The van der Waals surface area contributed by atoms with Crippen molar-refractivity contribution >= 4 is 21.7 Å². The molecule has 2 heterocycles. The first-order chi connectivity index (χ1) is 12.6. The number of amides is 2. The molecular formula is C20H28N2O4S. The van der Waals surface area contributed by atoms with E-state index in [1.807, 2.05) is 20.8 Å². The van der Waals surface area contributed by atoms with Crippen LogP contribution in [0.25, 0.3) is 0 Å². The summed E-state index contributed by atoms with van der Waals surface area (Å²) >= 11 is 0. The number of hydrogen-bond donors (Lipinski definition) is 1. The Kier molecular flexibility index (Phi) is 5.34. The first-order valence-electron chi connectivity index (χ1n) is 9.51. The lowest BCUT2D eigenvalue weighted by molar-refractivity contribution is -0.142. The van der Waals surface area contributed by atoms with Crippen LogP contribution >= 0.6 is 0 Å². The van der Waals surface area contributed by atoms with E-state index >= 15 is 0 Å². The van der Waals surface area contributed by atoms with Gasteiger partial charge in [0.25, 0.3) is 0 Å². The first kappa shape index (κ1) is 19.9. The van der Waals surface area contributed by atoms with E-state index in [1.165, 1.54) is 0 Å². The lowest BCUT2D eigenvalue weighted by atomic mass is 9.90. The van der Waals surface area contributed by atoms with Gasteiger partial charge in [-0.3, -0.25) is 9.59 Å². The van der Waals surface area contributed by atoms with Crippen molar-refractivity contribution in [1.29, 1.82) is 0 Å². The molecule has 6 nitrogen and oxygen atoms in total. The lowest BCUT2D eigenvalue weighted by Crippen LogP contribution is -2.49. The SMILES string of the molecule is CC(C)(C)C(=O)N1CCCC(C(=O)NC2CCS(=O)(=O)c3ccccc32)C1. The monoisotopic (exact) mass is 392 g/mol. The molecule has 1 aromatic carbocycles. The minimum atomic E-state index is -3.28. The molecule has 1 fully saturated rings. The normalized spacial score (nSPS) is 24.8. The largest absolute Gasteiger partial charge is 0.349 e. The second-order valence-corrected chi connectivity index (χ2v) is 10.6. The predicted molar refractivity (Wildman–Crippen MR) is 103 cm³/mol. The number of benzene rings is 1. The summed E-state index contributed by atoms with van der Waals surface area (Å²) in [6.45, 7) is 6.77. The third-order valence-electron chi connectivity index (χ3n) is 5.34. The molecule has 0 radical (unpaired) electrons. The molecular weight excluding hydrogens is 364 g/mol. The van der Waals surface area contributed by atoms with Gasteiger partial charge in [-0.05, 0) is 30.9 Å². The number of hydrogen-bond acceptors (Lipinski definition) is 4. The molecule has 0 aliphatic carbocycles. The highest BCUT2D eigenvalue weighted by molar-refractivity contribution is 7.91. The summed E-state index contributed by atoms with van der Waals surface area (Å²) in [5.74, 6) is -0.251. The van der Waals surface area contributed by atoms with Crippen LogP contribution in [0.2, 0.25) is 0 Å². The maximum Gasteiger partial charge on any atom is 0.227 e. The van der Waals surface area contributed by atoms with Gasteiger partial charge in [0.15, 0.2) is 9.84 Å². The zero-order valence-corrected chi connectivity index (χ0v) is 17.0. The maximum atomic E-state index is 12.9. The Balaban J connectivity index is 1.72. The lowest BCUT2D eigenvalue weighted by Gasteiger charge is -2.36. The van der Waals surface area contributed by atoms with Crippen molar-refractivity contribution in [2.75, 3.05) is 18.8 Å². The van der Waals surface area contributed by atoms with E-state index in [1.54, 1.807) is 29.2 Å². The van der Waals surface area contributed by atoms with Gasteiger partial charge in [0.05, 0.1) is 22.6 Å². The maximum absolute atomic E-state index is 12.9. The fourth-order valence-corrected chi connectivity index (χ4v) is 5.50. The molecule has 1 aromatic rings. The molecule has 7 heteroatoms. The fraction of sp³-hybridized carbons (Fsp3) is 0.600. The van der Waals surface area contributed by atoms with Crippen LogP contribution < -0.4 is 5.32 Å². The fourth-order valence-electron chi connectivity index (χ4n) is 3.88. The minimum absolute atomic E-state index is 0.0360. The average molecular weight is 393 g/mol. The number of rotatable bonds is 2. The standard InChI is InChI=1S/C20H28N2O4S/c1-20(2,3)19(24)22-11-6-7-14(13-22)18(23)21-16-10-12-27(25,26)17-9-5-4-8-15(16)17/h4-5,8-9,14,16H,6-7,10-13H2,1-3H3,(H,21,23). The number of carbonyl (C=O) groups excluding carboxylic acids is 2. The molecule has 3 rings (SSSR count). The molecule has 148 valence electrons. The summed E-state index contributed by atoms with van der Waals surface area (Å²) in [6, 6.07) is 6.58. The molecule has 1 N–H and O–H groups in total. The summed E-state index contributed by atoms with van der Waals surface area (Å²) in [6.07, 6.45) is 1.92. The van der Waals surface area contributed by atoms with E-state index in [2.05, 4.69) is 5.32 Å². The third-order valence-corrected chi connectivity index (χ3v) is 7.16. The van der Waals surface area contributed by atoms with Crippen molar-refractivity contribution in [2.24, 2.45) is 11.3 Å². The topological polar surface area (TPSA) is 83.6 Å². The van der Waals surface area contributed by atoms with Gasteiger partial charge in [0.1, 0.15) is 0 Å². The van der Waals surface area contributed by atoms with E-state index < -0.39 is 15.3 Å². The Morgan fingerprint density at radius 2 is 1.85 bits per heavy atom. The van der Waals surface area contributed by atoms with Crippen LogP contribution in [0.4, 0.5) is 0 Å². The second kappa shape index (κ2) is 7.26. The number of piperidine rings is 1. The van der Waals surface area contributed by atoms with Gasteiger partial charge in [0.2, 0.25) is 11.8 Å². The van der Waals surface area contributed by atoms with Gasteiger partial charge < -0.3 is 10.2 Å². The predicted octanol–water partition coefficient (Wildman–Crippen LogP) is 2.31. The summed E-state index contributed by atoms with van der Waals surface area (Å²) in [4.78, 5) is 27.5. The number of carbonyl (C=O) groups is 2. The van der Waals surface area contributed by atoms with Gasteiger partial charge in [-0.2, -0.15) is 0 Å². The summed E-state index contributed by atoms with van der Waals surface area (Å²) in [5.41, 5.74) is 0.199. The highest BCUT2D eigenvalue weighted by atomic mass is 32.2. The highest BCUT2D eigenvalue weighted by Crippen LogP contribution is 2.32. The van der Waals surface area contributed by atoms with Crippen LogP contribution in [0.15, 0.2) is 29.2 Å². The molecule has 0 aromatic heterocycles. The highest BCUT2D eigenvalue weighted by Gasteiger charge is 2.36. The number of sulfone groups is 1. The smallest absolute Gasteiger partial charge is 0.227 e.